The van der Waals surface area contributed by atoms with Crippen LogP contribution in [0.15, 0.2) is 60.3 Å². The predicted molar refractivity (Wildman–Crippen MR) is 147 cm³/mol. The van der Waals surface area contributed by atoms with Gasteiger partial charge in [-0.25, -0.2) is 9.69 Å². The monoisotopic (exact) mass is 642 g/mol. The molecule has 3 amide bonds. The van der Waals surface area contributed by atoms with E-state index in [0.717, 1.165) is 14.0 Å². The van der Waals surface area contributed by atoms with Crippen LogP contribution >= 0.6 is 57.4 Å². The number of nitrogens with zero attached hydrogens (tertiary/aromatic N) is 1. The van der Waals surface area contributed by atoms with Crippen molar-refractivity contribution in [2.45, 2.75) is 13.5 Å². The van der Waals surface area contributed by atoms with Crippen molar-refractivity contribution in [3.8, 4) is 11.5 Å². The summed E-state index contributed by atoms with van der Waals surface area (Å²) >= 11 is 20.2. The highest BCUT2D eigenvalue weighted by molar-refractivity contribution is 14.1. The Morgan fingerprint density at radius 2 is 1.80 bits per heavy atom. The Morgan fingerprint density at radius 1 is 1.00 bits per heavy atom. The predicted octanol–water partition coefficient (Wildman–Crippen LogP) is 7.33. The van der Waals surface area contributed by atoms with Crippen molar-refractivity contribution in [1.29, 1.82) is 0 Å². The maximum absolute atomic E-state index is 13.0. The van der Waals surface area contributed by atoms with Crippen LogP contribution in [0.5, 0.6) is 11.5 Å². The zero-order valence-electron chi connectivity index (χ0n) is 18.3. The van der Waals surface area contributed by atoms with Gasteiger partial charge in [-0.15, -0.1) is 0 Å². The van der Waals surface area contributed by atoms with Gasteiger partial charge in [0.15, 0.2) is 11.5 Å². The SMILES string of the molecule is CCOc1cc(/C=C2/NC(=O)N(c3cccc(Cl)c3)C2=O)cc(I)c1OCc1ccc(Cl)c(Cl)c1. The van der Waals surface area contributed by atoms with Gasteiger partial charge in [-0.2, -0.15) is 0 Å². The Labute approximate surface area is 230 Å². The van der Waals surface area contributed by atoms with E-state index in [2.05, 4.69) is 27.9 Å². The Bertz CT molecular complexity index is 1350. The smallest absolute Gasteiger partial charge is 0.333 e. The Hall–Kier alpha value is -2.46. The minimum absolute atomic E-state index is 0.137. The van der Waals surface area contributed by atoms with Gasteiger partial charge in [-0.3, -0.25) is 4.79 Å². The van der Waals surface area contributed by atoms with Crippen LogP contribution in [0.1, 0.15) is 18.1 Å². The number of urea groups is 1. The van der Waals surface area contributed by atoms with E-state index < -0.39 is 11.9 Å². The van der Waals surface area contributed by atoms with Gasteiger partial charge in [0.2, 0.25) is 0 Å². The van der Waals surface area contributed by atoms with E-state index in [1.165, 1.54) is 0 Å². The summed E-state index contributed by atoms with van der Waals surface area (Å²) in [5.41, 5.74) is 2.04. The van der Waals surface area contributed by atoms with E-state index in [9.17, 15) is 9.59 Å². The molecule has 1 aliphatic heterocycles. The summed E-state index contributed by atoms with van der Waals surface area (Å²) in [6.07, 6.45) is 1.60. The van der Waals surface area contributed by atoms with Crippen molar-refractivity contribution < 1.29 is 19.1 Å². The van der Waals surface area contributed by atoms with E-state index in [-0.39, 0.29) is 12.3 Å². The van der Waals surface area contributed by atoms with Crippen LogP contribution in [-0.2, 0) is 11.4 Å². The fourth-order valence-electron chi connectivity index (χ4n) is 3.41. The second-order valence-electron chi connectivity index (χ2n) is 7.41. The number of rotatable bonds is 7. The van der Waals surface area contributed by atoms with Crippen molar-refractivity contribution in [2.75, 3.05) is 11.5 Å². The van der Waals surface area contributed by atoms with Crippen molar-refractivity contribution in [3.05, 3.63) is 90.1 Å². The topological polar surface area (TPSA) is 67.9 Å². The molecule has 1 fully saturated rings. The summed E-state index contributed by atoms with van der Waals surface area (Å²) < 4.78 is 12.6. The summed E-state index contributed by atoms with van der Waals surface area (Å²) in [6, 6.07) is 14.9. The van der Waals surface area contributed by atoms with Crippen LogP contribution in [0.25, 0.3) is 6.08 Å². The first-order chi connectivity index (χ1) is 16.8. The van der Waals surface area contributed by atoms with Gasteiger partial charge in [-0.05, 0) is 89.2 Å². The lowest BCUT2D eigenvalue weighted by atomic mass is 10.1. The van der Waals surface area contributed by atoms with Crippen molar-refractivity contribution in [3.63, 3.8) is 0 Å². The average molecular weight is 644 g/mol. The number of amides is 3. The summed E-state index contributed by atoms with van der Waals surface area (Å²) in [5, 5.41) is 3.96. The third kappa shape index (κ3) is 5.86. The maximum Gasteiger partial charge on any atom is 0.333 e. The molecule has 3 aromatic carbocycles. The van der Waals surface area contributed by atoms with Crippen LogP contribution in [0.4, 0.5) is 10.5 Å². The molecule has 0 unspecified atom stereocenters. The van der Waals surface area contributed by atoms with Gasteiger partial charge in [0, 0.05) is 5.02 Å². The molecule has 0 saturated carbocycles. The van der Waals surface area contributed by atoms with Gasteiger partial charge in [-0.1, -0.05) is 46.9 Å². The molecule has 35 heavy (non-hydrogen) atoms. The van der Waals surface area contributed by atoms with Crippen LogP contribution in [-0.4, -0.2) is 18.5 Å². The third-order valence-electron chi connectivity index (χ3n) is 4.95. The van der Waals surface area contributed by atoms with Crippen LogP contribution in [0.2, 0.25) is 15.1 Å². The second-order valence-corrected chi connectivity index (χ2v) is 9.82. The molecular formula is C25H18Cl3IN2O4. The molecule has 1 N–H and O–H groups in total. The van der Waals surface area contributed by atoms with Gasteiger partial charge < -0.3 is 14.8 Å². The Balaban J connectivity index is 1.60. The number of benzene rings is 3. The first kappa shape index (κ1) is 25.6. The van der Waals surface area contributed by atoms with Crippen LogP contribution in [0, 0.1) is 3.57 Å². The molecule has 0 radical (unpaired) electrons. The molecule has 1 heterocycles. The summed E-state index contributed by atoms with van der Waals surface area (Å²) in [7, 11) is 0. The lowest BCUT2D eigenvalue weighted by Gasteiger charge is -2.15. The molecule has 3 aromatic rings. The standard InChI is InChI=1S/C25H18Cl3IN2O4/c1-2-34-22-11-15(9-20(29)23(22)35-13-14-6-7-18(27)19(28)8-14)10-21-24(32)31(25(33)30-21)17-5-3-4-16(26)12-17/h3-12H,2,13H2,1H3,(H,30,33)/b21-10+. The molecule has 0 bridgehead atoms. The fraction of sp³-hybridized carbons (Fsp3) is 0.120. The van der Waals surface area contributed by atoms with E-state index >= 15 is 0 Å². The van der Waals surface area contributed by atoms with E-state index in [4.69, 9.17) is 44.3 Å². The maximum atomic E-state index is 13.0. The molecular weight excluding hydrogens is 626 g/mol. The Morgan fingerprint density at radius 3 is 2.51 bits per heavy atom. The minimum Gasteiger partial charge on any atom is -0.490 e. The second kappa shape index (κ2) is 11.1. The molecule has 0 atom stereocenters. The van der Waals surface area contributed by atoms with E-state index in [0.29, 0.717) is 44.4 Å². The zero-order chi connectivity index (χ0) is 25.1. The lowest BCUT2D eigenvalue weighted by Crippen LogP contribution is -2.30. The lowest BCUT2D eigenvalue weighted by molar-refractivity contribution is -0.113. The normalized spacial score (nSPS) is 14.4. The average Bonchev–Trinajstić information content (AvgIpc) is 3.08. The molecule has 1 saturated heterocycles. The highest BCUT2D eigenvalue weighted by atomic mass is 127. The molecule has 180 valence electrons. The van der Waals surface area contributed by atoms with Crippen LogP contribution < -0.4 is 19.7 Å². The van der Waals surface area contributed by atoms with E-state index in [1.54, 1.807) is 48.5 Å². The van der Waals surface area contributed by atoms with Gasteiger partial charge in [0.05, 0.1) is 25.9 Å². The number of ether oxygens (including phenoxy) is 2. The number of anilines is 1. The molecule has 0 spiro atoms. The molecule has 0 aliphatic carbocycles. The molecule has 0 aromatic heterocycles. The number of nitrogens with one attached hydrogen (secondary N) is 1. The summed E-state index contributed by atoms with van der Waals surface area (Å²) in [6.45, 7) is 2.54. The van der Waals surface area contributed by atoms with E-state index in [1.807, 2.05) is 19.1 Å². The van der Waals surface area contributed by atoms with Crippen molar-refractivity contribution in [1.82, 2.24) is 5.32 Å². The number of carbonyl (C=O) groups excluding carboxylic acids is 2. The first-order valence-corrected chi connectivity index (χ1v) is 12.6. The number of hydrogen-bond acceptors (Lipinski definition) is 4. The number of halogens is 4. The Kier molecular flexibility index (Phi) is 8.11. The molecule has 10 heteroatoms. The first-order valence-electron chi connectivity index (χ1n) is 10.4. The zero-order valence-corrected chi connectivity index (χ0v) is 22.7. The number of hydrogen-bond donors (Lipinski definition) is 1. The summed E-state index contributed by atoms with van der Waals surface area (Å²) in [5.74, 6) is 0.586. The highest BCUT2D eigenvalue weighted by Crippen LogP contribution is 2.36. The largest absolute Gasteiger partial charge is 0.490 e. The third-order valence-corrected chi connectivity index (χ3v) is 6.73. The van der Waals surface area contributed by atoms with Crippen LogP contribution in [0.3, 0.4) is 0 Å². The minimum atomic E-state index is -0.551. The molecule has 4 rings (SSSR count). The van der Waals surface area contributed by atoms with Crippen molar-refractivity contribution >= 4 is 81.1 Å². The molecule has 1 aliphatic rings. The highest BCUT2D eigenvalue weighted by Gasteiger charge is 2.35. The summed E-state index contributed by atoms with van der Waals surface area (Å²) in [4.78, 5) is 26.5. The molecule has 6 nitrogen and oxygen atoms in total. The van der Waals surface area contributed by atoms with Gasteiger partial charge in [0.1, 0.15) is 12.3 Å². The van der Waals surface area contributed by atoms with Gasteiger partial charge in [0.25, 0.3) is 5.91 Å². The fourth-order valence-corrected chi connectivity index (χ4v) is 4.70. The quantitative estimate of drug-likeness (QED) is 0.166. The van der Waals surface area contributed by atoms with Crippen molar-refractivity contribution in [2.24, 2.45) is 0 Å². The number of carbonyl (C=O) groups is 2. The number of imide groups is 1. The van der Waals surface area contributed by atoms with Gasteiger partial charge >= 0.3 is 6.03 Å².